The number of anilines is 2. The lowest BCUT2D eigenvalue weighted by Gasteiger charge is -2.16. The highest BCUT2D eigenvalue weighted by Crippen LogP contribution is 2.36. The fourth-order valence-electron chi connectivity index (χ4n) is 2.19. The summed E-state index contributed by atoms with van der Waals surface area (Å²) in [6.45, 7) is 4.07. The molecule has 0 radical (unpaired) electrons. The molecule has 0 unspecified atom stereocenters. The third-order valence-corrected chi connectivity index (χ3v) is 3.58. The number of unbranched alkanes of at least 4 members (excludes halogenated alkanes) is 2. The van der Waals surface area contributed by atoms with Crippen LogP contribution in [-0.4, -0.2) is 26.0 Å². The van der Waals surface area contributed by atoms with Crippen molar-refractivity contribution >= 4 is 23.2 Å². The molecule has 1 rings (SSSR count). The molecule has 0 atom stereocenters. The minimum absolute atomic E-state index is 0.0723. The average Bonchev–Trinajstić information content (AvgIpc) is 2.58. The molecule has 0 fully saturated rings. The zero-order chi connectivity index (χ0) is 17.9. The number of rotatable bonds is 10. The number of benzene rings is 1. The lowest BCUT2D eigenvalue weighted by Crippen LogP contribution is -2.14. The van der Waals surface area contributed by atoms with E-state index in [-0.39, 0.29) is 11.8 Å². The fraction of sp³-hybridized carbons (Fsp3) is 0.556. The van der Waals surface area contributed by atoms with E-state index in [0.717, 1.165) is 25.7 Å². The van der Waals surface area contributed by atoms with Crippen LogP contribution in [0.25, 0.3) is 0 Å². The molecule has 0 saturated heterocycles. The predicted molar refractivity (Wildman–Crippen MR) is 95.9 cm³/mol. The molecule has 0 aliphatic carbocycles. The zero-order valence-corrected chi connectivity index (χ0v) is 15.0. The molecule has 0 heterocycles. The Hall–Kier alpha value is -2.24. The summed E-state index contributed by atoms with van der Waals surface area (Å²) >= 11 is 0. The van der Waals surface area contributed by atoms with E-state index in [4.69, 9.17) is 9.47 Å². The predicted octanol–water partition coefficient (Wildman–Crippen LogP) is 3.96. The third kappa shape index (κ3) is 6.10. The SMILES string of the molecule is CCCCC(=O)Nc1cc(OC)c(NC(=O)CCCC)cc1OC. The van der Waals surface area contributed by atoms with Gasteiger partial charge in [-0.1, -0.05) is 26.7 Å². The molecule has 6 heteroatoms. The normalized spacial score (nSPS) is 10.2. The Morgan fingerprint density at radius 2 is 1.21 bits per heavy atom. The van der Waals surface area contributed by atoms with E-state index in [0.29, 0.717) is 35.7 Å². The summed E-state index contributed by atoms with van der Waals surface area (Å²) in [7, 11) is 3.04. The summed E-state index contributed by atoms with van der Waals surface area (Å²) in [5, 5.41) is 5.66. The van der Waals surface area contributed by atoms with E-state index in [1.165, 1.54) is 14.2 Å². The van der Waals surface area contributed by atoms with Crippen molar-refractivity contribution in [3.63, 3.8) is 0 Å². The van der Waals surface area contributed by atoms with Crippen molar-refractivity contribution in [1.29, 1.82) is 0 Å². The Kier molecular flexibility index (Phi) is 8.68. The Morgan fingerprint density at radius 3 is 1.50 bits per heavy atom. The van der Waals surface area contributed by atoms with Crippen LogP contribution in [0.2, 0.25) is 0 Å². The zero-order valence-electron chi connectivity index (χ0n) is 15.0. The summed E-state index contributed by atoms with van der Waals surface area (Å²) in [6, 6.07) is 3.33. The second-order valence-electron chi connectivity index (χ2n) is 5.56. The molecule has 0 spiro atoms. The van der Waals surface area contributed by atoms with Crippen LogP contribution in [0.5, 0.6) is 11.5 Å². The Balaban J connectivity index is 2.95. The van der Waals surface area contributed by atoms with Gasteiger partial charge in [-0.2, -0.15) is 0 Å². The van der Waals surface area contributed by atoms with Crippen LogP contribution < -0.4 is 20.1 Å². The minimum Gasteiger partial charge on any atom is -0.494 e. The minimum atomic E-state index is -0.0723. The molecule has 0 aliphatic rings. The summed E-state index contributed by atoms with van der Waals surface area (Å²) in [4.78, 5) is 23.9. The van der Waals surface area contributed by atoms with Crippen LogP contribution in [0.1, 0.15) is 52.4 Å². The summed E-state index contributed by atoms with van der Waals surface area (Å²) in [5.74, 6) is 0.812. The quantitative estimate of drug-likeness (QED) is 0.678. The van der Waals surface area contributed by atoms with E-state index in [1.807, 2.05) is 13.8 Å². The number of methoxy groups -OCH3 is 2. The van der Waals surface area contributed by atoms with E-state index in [2.05, 4.69) is 10.6 Å². The number of hydrogen-bond donors (Lipinski definition) is 2. The molecule has 6 nitrogen and oxygen atoms in total. The lowest BCUT2D eigenvalue weighted by molar-refractivity contribution is -0.117. The van der Waals surface area contributed by atoms with Gasteiger partial charge in [-0.05, 0) is 12.8 Å². The van der Waals surface area contributed by atoms with Crippen molar-refractivity contribution < 1.29 is 19.1 Å². The molecule has 134 valence electrons. The summed E-state index contributed by atoms with van der Waals surface area (Å²) in [6.07, 6.45) is 4.48. The van der Waals surface area contributed by atoms with Gasteiger partial charge in [0.15, 0.2) is 0 Å². The number of ether oxygens (including phenoxy) is 2. The number of amides is 2. The van der Waals surface area contributed by atoms with Gasteiger partial charge >= 0.3 is 0 Å². The molecule has 1 aromatic rings. The van der Waals surface area contributed by atoms with E-state index in [1.54, 1.807) is 12.1 Å². The van der Waals surface area contributed by atoms with Gasteiger partial charge in [-0.15, -0.1) is 0 Å². The molecular weight excluding hydrogens is 308 g/mol. The summed E-state index contributed by atoms with van der Waals surface area (Å²) in [5.41, 5.74) is 1.06. The van der Waals surface area contributed by atoms with Gasteiger partial charge in [-0.25, -0.2) is 0 Å². The number of hydrogen-bond acceptors (Lipinski definition) is 4. The Bertz CT molecular complexity index is 508. The first kappa shape index (κ1) is 19.8. The molecule has 0 bridgehead atoms. The molecular formula is C18H28N2O4. The highest BCUT2D eigenvalue weighted by Gasteiger charge is 2.15. The molecule has 0 aliphatic heterocycles. The van der Waals surface area contributed by atoms with Crippen molar-refractivity contribution in [3.05, 3.63) is 12.1 Å². The van der Waals surface area contributed by atoms with Gasteiger partial charge < -0.3 is 20.1 Å². The maximum absolute atomic E-state index is 11.9. The first-order chi connectivity index (χ1) is 11.5. The van der Waals surface area contributed by atoms with Crippen molar-refractivity contribution in [2.75, 3.05) is 24.9 Å². The number of carbonyl (C=O) groups excluding carboxylic acids is 2. The van der Waals surface area contributed by atoms with E-state index in [9.17, 15) is 9.59 Å². The van der Waals surface area contributed by atoms with Crippen molar-refractivity contribution in [2.24, 2.45) is 0 Å². The Morgan fingerprint density at radius 1 is 0.833 bits per heavy atom. The number of carbonyl (C=O) groups is 2. The molecule has 0 aromatic heterocycles. The highest BCUT2D eigenvalue weighted by molar-refractivity contribution is 5.96. The van der Waals surface area contributed by atoms with Gasteiger partial charge in [0.05, 0.1) is 25.6 Å². The largest absolute Gasteiger partial charge is 0.494 e. The van der Waals surface area contributed by atoms with Crippen molar-refractivity contribution in [2.45, 2.75) is 52.4 Å². The van der Waals surface area contributed by atoms with Crippen LogP contribution in [0, 0.1) is 0 Å². The van der Waals surface area contributed by atoms with Crippen molar-refractivity contribution in [3.8, 4) is 11.5 Å². The second kappa shape index (κ2) is 10.5. The van der Waals surface area contributed by atoms with Crippen molar-refractivity contribution in [1.82, 2.24) is 0 Å². The van der Waals surface area contributed by atoms with Gasteiger partial charge in [-0.3, -0.25) is 9.59 Å². The topological polar surface area (TPSA) is 76.7 Å². The van der Waals surface area contributed by atoms with Crippen LogP contribution in [0.15, 0.2) is 12.1 Å². The molecule has 1 aromatic carbocycles. The first-order valence-corrected chi connectivity index (χ1v) is 8.41. The van der Waals surface area contributed by atoms with Crippen LogP contribution >= 0.6 is 0 Å². The monoisotopic (exact) mass is 336 g/mol. The lowest BCUT2D eigenvalue weighted by atomic mass is 10.2. The molecule has 2 N–H and O–H groups in total. The summed E-state index contributed by atoms with van der Waals surface area (Å²) < 4.78 is 10.7. The molecule has 2 amide bonds. The van der Waals surface area contributed by atoms with Crippen LogP contribution in [-0.2, 0) is 9.59 Å². The maximum Gasteiger partial charge on any atom is 0.224 e. The fourth-order valence-corrected chi connectivity index (χ4v) is 2.19. The molecule has 0 saturated carbocycles. The van der Waals surface area contributed by atoms with Gasteiger partial charge in [0.25, 0.3) is 0 Å². The second-order valence-corrected chi connectivity index (χ2v) is 5.56. The maximum atomic E-state index is 11.9. The van der Waals surface area contributed by atoms with E-state index >= 15 is 0 Å². The Labute approximate surface area is 143 Å². The van der Waals surface area contributed by atoms with Gasteiger partial charge in [0.2, 0.25) is 11.8 Å². The standard InChI is InChI=1S/C18H28N2O4/c1-5-7-9-17(21)19-13-11-16(24-4)14(12-15(13)23-3)20-18(22)10-8-6-2/h11-12H,5-10H2,1-4H3,(H,19,21)(H,20,22). The smallest absolute Gasteiger partial charge is 0.224 e. The van der Waals surface area contributed by atoms with E-state index < -0.39 is 0 Å². The highest BCUT2D eigenvalue weighted by atomic mass is 16.5. The van der Waals surface area contributed by atoms with Crippen LogP contribution in [0.4, 0.5) is 11.4 Å². The van der Waals surface area contributed by atoms with Gasteiger partial charge in [0, 0.05) is 25.0 Å². The van der Waals surface area contributed by atoms with Gasteiger partial charge in [0.1, 0.15) is 11.5 Å². The molecule has 24 heavy (non-hydrogen) atoms. The average molecular weight is 336 g/mol. The third-order valence-electron chi connectivity index (χ3n) is 3.58. The van der Waals surface area contributed by atoms with Crippen LogP contribution in [0.3, 0.4) is 0 Å². The number of nitrogens with one attached hydrogen (secondary N) is 2. The first-order valence-electron chi connectivity index (χ1n) is 8.41.